The topological polar surface area (TPSA) is 42.0 Å². The molecule has 1 amide bonds. The smallest absolute Gasteiger partial charge is 0.258 e. The molecule has 1 aromatic heterocycles. The number of benzene rings is 1. The second-order valence-electron chi connectivity index (χ2n) is 3.91. The molecule has 0 unspecified atom stereocenters. The zero-order valence-corrected chi connectivity index (χ0v) is 13.0. The minimum Gasteiger partial charge on any atom is -0.322 e. The SMILES string of the molecule is Cc1cc(Cl)ccc1NC(=O)c1cc(Br)cnc1Cl. The summed E-state index contributed by atoms with van der Waals surface area (Å²) in [5, 5.41) is 3.56. The van der Waals surface area contributed by atoms with Crippen molar-refractivity contribution in [1.29, 1.82) is 0 Å². The number of aromatic nitrogens is 1. The van der Waals surface area contributed by atoms with Gasteiger partial charge in [0.15, 0.2) is 0 Å². The molecule has 0 atom stereocenters. The molecule has 0 bridgehead atoms. The Labute approximate surface area is 129 Å². The molecule has 0 saturated heterocycles. The molecular weight excluding hydrogens is 351 g/mol. The predicted molar refractivity (Wildman–Crippen MR) is 81.1 cm³/mol. The molecule has 98 valence electrons. The van der Waals surface area contributed by atoms with Crippen LogP contribution in [0.15, 0.2) is 34.9 Å². The van der Waals surface area contributed by atoms with Crippen molar-refractivity contribution in [2.24, 2.45) is 0 Å². The highest BCUT2D eigenvalue weighted by atomic mass is 79.9. The van der Waals surface area contributed by atoms with Crippen LogP contribution < -0.4 is 5.32 Å². The zero-order chi connectivity index (χ0) is 14.0. The van der Waals surface area contributed by atoms with Crippen molar-refractivity contribution in [3.05, 3.63) is 56.2 Å². The van der Waals surface area contributed by atoms with Crippen LogP contribution in [0.4, 0.5) is 5.69 Å². The summed E-state index contributed by atoms with van der Waals surface area (Å²) in [5.74, 6) is -0.316. The summed E-state index contributed by atoms with van der Waals surface area (Å²) in [6.45, 7) is 1.86. The minimum atomic E-state index is -0.316. The molecule has 6 heteroatoms. The Bertz CT molecular complexity index is 647. The summed E-state index contributed by atoms with van der Waals surface area (Å²) < 4.78 is 0.690. The third kappa shape index (κ3) is 3.47. The molecule has 0 spiro atoms. The van der Waals surface area contributed by atoms with E-state index >= 15 is 0 Å². The molecule has 2 rings (SSSR count). The predicted octanol–water partition coefficient (Wildman–Crippen LogP) is 4.71. The average Bonchev–Trinajstić information content (AvgIpc) is 2.35. The second kappa shape index (κ2) is 5.90. The van der Waals surface area contributed by atoms with E-state index in [1.54, 1.807) is 24.3 Å². The third-order valence-corrected chi connectivity index (χ3v) is 3.46. The summed E-state index contributed by atoms with van der Waals surface area (Å²) in [4.78, 5) is 16.0. The summed E-state index contributed by atoms with van der Waals surface area (Å²) in [6, 6.07) is 6.85. The fraction of sp³-hybridized carbons (Fsp3) is 0.0769. The van der Waals surface area contributed by atoms with E-state index in [1.165, 1.54) is 6.20 Å². The molecule has 0 aliphatic heterocycles. The first kappa shape index (κ1) is 14.3. The largest absolute Gasteiger partial charge is 0.322 e. The van der Waals surface area contributed by atoms with Gasteiger partial charge in [0.25, 0.3) is 5.91 Å². The maximum absolute atomic E-state index is 12.1. The molecule has 0 fully saturated rings. The first-order valence-electron chi connectivity index (χ1n) is 5.36. The van der Waals surface area contributed by atoms with E-state index in [-0.39, 0.29) is 11.1 Å². The number of anilines is 1. The monoisotopic (exact) mass is 358 g/mol. The molecule has 1 aromatic carbocycles. The molecule has 0 aliphatic rings. The van der Waals surface area contributed by atoms with Gasteiger partial charge in [0.2, 0.25) is 0 Å². The number of aryl methyl sites for hydroxylation is 1. The number of nitrogens with zero attached hydrogens (tertiary/aromatic N) is 1. The van der Waals surface area contributed by atoms with Crippen LogP contribution in [0.1, 0.15) is 15.9 Å². The molecule has 3 nitrogen and oxygen atoms in total. The normalized spacial score (nSPS) is 10.3. The summed E-state index contributed by atoms with van der Waals surface area (Å²) in [5.41, 5.74) is 1.87. The Morgan fingerprint density at radius 3 is 2.74 bits per heavy atom. The Balaban J connectivity index is 2.28. The maximum atomic E-state index is 12.1. The number of carbonyl (C=O) groups excluding carboxylic acids is 1. The lowest BCUT2D eigenvalue weighted by Crippen LogP contribution is -2.13. The van der Waals surface area contributed by atoms with Gasteiger partial charge in [-0.15, -0.1) is 0 Å². The highest BCUT2D eigenvalue weighted by molar-refractivity contribution is 9.10. The van der Waals surface area contributed by atoms with Crippen molar-refractivity contribution in [2.45, 2.75) is 6.92 Å². The zero-order valence-electron chi connectivity index (χ0n) is 9.88. The molecule has 1 N–H and O–H groups in total. The molecule has 0 aliphatic carbocycles. The number of nitrogens with one attached hydrogen (secondary N) is 1. The number of carbonyl (C=O) groups is 1. The Hall–Kier alpha value is -1.10. The van der Waals surface area contributed by atoms with Gasteiger partial charge in [-0.2, -0.15) is 0 Å². The standard InChI is InChI=1S/C13H9BrCl2N2O/c1-7-4-9(15)2-3-11(7)18-13(19)10-5-8(14)6-17-12(10)16/h2-6H,1H3,(H,18,19). The lowest BCUT2D eigenvalue weighted by atomic mass is 10.2. The van der Waals surface area contributed by atoms with E-state index in [2.05, 4.69) is 26.2 Å². The van der Waals surface area contributed by atoms with Crippen LogP contribution in [0.2, 0.25) is 10.2 Å². The van der Waals surface area contributed by atoms with E-state index in [9.17, 15) is 4.79 Å². The van der Waals surface area contributed by atoms with Crippen LogP contribution in [-0.4, -0.2) is 10.9 Å². The molecule has 0 saturated carbocycles. The lowest BCUT2D eigenvalue weighted by Gasteiger charge is -2.09. The van der Waals surface area contributed by atoms with E-state index in [1.807, 2.05) is 6.92 Å². The number of halogens is 3. The van der Waals surface area contributed by atoms with Crippen molar-refractivity contribution in [1.82, 2.24) is 4.98 Å². The molecule has 0 radical (unpaired) electrons. The number of hydrogen-bond donors (Lipinski definition) is 1. The minimum absolute atomic E-state index is 0.160. The second-order valence-corrected chi connectivity index (χ2v) is 5.62. The maximum Gasteiger partial charge on any atom is 0.258 e. The van der Waals surface area contributed by atoms with Gasteiger partial charge in [-0.05, 0) is 52.7 Å². The first-order chi connectivity index (χ1) is 8.97. The number of rotatable bonds is 2. The van der Waals surface area contributed by atoms with Crippen molar-refractivity contribution >= 4 is 50.7 Å². The van der Waals surface area contributed by atoms with Gasteiger partial charge in [0, 0.05) is 21.4 Å². The Morgan fingerprint density at radius 1 is 1.32 bits per heavy atom. The fourth-order valence-electron chi connectivity index (χ4n) is 1.54. The van der Waals surface area contributed by atoms with Crippen molar-refractivity contribution in [3.8, 4) is 0 Å². The van der Waals surface area contributed by atoms with Gasteiger partial charge < -0.3 is 5.32 Å². The van der Waals surface area contributed by atoms with Gasteiger partial charge in [-0.25, -0.2) is 4.98 Å². The summed E-state index contributed by atoms with van der Waals surface area (Å²) >= 11 is 15.0. The summed E-state index contributed by atoms with van der Waals surface area (Å²) in [7, 11) is 0. The van der Waals surface area contributed by atoms with Crippen LogP contribution in [0.3, 0.4) is 0 Å². The van der Waals surface area contributed by atoms with Crippen LogP contribution in [0, 0.1) is 6.92 Å². The van der Waals surface area contributed by atoms with Crippen molar-refractivity contribution < 1.29 is 4.79 Å². The third-order valence-electron chi connectivity index (χ3n) is 2.49. The van der Waals surface area contributed by atoms with E-state index in [0.717, 1.165) is 5.56 Å². The van der Waals surface area contributed by atoms with E-state index in [4.69, 9.17) is 23.2 Å². The summed E-state index contributed by atoms with van der Waals surface area (Å²) in [6.07, 6.45) is 1.53. The van der Waals surface area contributed by atoms with Crippen LogP contribution in [0.5, 0.6) is 0 Å². The lowest BCUT2D eigenvalue weighted by molar-refractivity contribution is 0.102. The van der Waals surface area contributed by atoms with Gasteiger partial charge in [0.1, 0.15) is 5.15 Å². The van der Waals surface area contributed by atoms with Gasteiger partial charge in [-0.1, -0.05) is 23.2 Å². The Morgan fingerprint density at radius 2 is 2.05 bits per heavy atom. The first-order valence-corrected chi connectivity index (χ1v) is 6.91. The number of hydrogen-bond acceptors (Lipinski definition) is 2. The van der Waals surface area contributed by atoms with E-state index in [0.29, 0.717) is 20.7 Å². The van der Waals surface area contributed by atoms with Crippen LogP contribution >= 0.6 is 39.1 Å². The number of amides is 1. The van der Waals surface area contributed by atoms with Crippen molar-refractivity contribution in [3.63, 3.8) is 0 Å². The molecule has 1 heterocycles. The molecule has 19 heavy (non-hydrogen) atoms. The molecule has 2 aromatic rings. The van der Waals surface area contributed by atoms with Crippen LogP contribution in [-0.2, 0) is 0 Å². The number of pyridine rings is 1. The van der Waals surface area contributed by atoms with Gasteiger partial charge in [-0.3, -0.25) is 4.79 Å². The highest BCUT2D eigenvalue weighted by Crippen LogP contribution is 2.23. The van der Waals surface area contributed by atoms with Crippen molar-refractivity contribution in [2.75, 3.05) is 5.32 Å². The van der Waals surface area contributed by atoms with Crippen LogP contribution in [0.25, 0.3) is 0 Å². The van der Waals surface area contributed by atoms with Gasteiger partial charge >= 0.3 is 0 Å². The fourth-order valence-corrected chi connectivity index (χ4v) is 2.29. The van der Waals surface area contributed by atoms with E-state index < -0.39 is 0 Å². The highest BCUT2D eigenvalue weighted by Gasteiger charge is 2.13. The van der Waals surface area contributed by atoms with Gasteiger partial charge in [0.05, 0.1) is 5.56 Å². The average molecular weight is 360 g/mol. The quantitative estimate of drug-likeness (QED) is 0.789. The molecular formula is C13H9BrCl2N2O. The Kier molecular flexibility index (Phi) is 4.45.